The Morgan fingerprint density at radius 3 is 2.95 bits per heavy atom. The molecule has 0 aliphatic carbocycles. The zero-order chi connectivity index (χ0) is 13.8. The van der Waals surface area contributed by atoms with Crippen molar-refractivity contribution in [3.63, 3.8) is 0 Å². The maximum Gasteiger partial charge on any atom is 0.320 e. The second-order valence-electron chi connectivity index (χ2n) is 4.88. The van der Waals surface area contributed by atoms with Crippen LogP contribution in [-0.4, -0.2) is 41.0 Å². The summed E-state index contributed by atoms with van der Waals surface area (Å²) in [7, 11) is 0. The number of carboxylic acid groups (broad SMARTS) is 1. The van der Waals surface area contributed by atoms with E-state index < -0.39 is 12.0 Å². The van der Waals surface area contributed by atoms with Crippen LogP contribution in [0.4, 0.5) is 5.69 Å². The summed E-state index contributed by atoms with van der Waals surface area (Å²) in [5, 5.41) is 11.8. The Bertz CT molecular complexity index is 487. The van der Waals surface area contributed by atoms with Gasteiger partial charge in [0.15, 0.2) is 0 Å². The number of nitrogens with one attached hydrogen (secondary N) is 1. The number of benzene rings is 1. The first-order valence-corrected chi connectivity index (χ1v) is 6.39. The molecule has 0 spiro atoms. The van der Waals surface area contributed by atoms with E-state index in [9.17, 15) is 9.59 Å². The first-order chi connectivity index (χ1) is 9.06. The number of likely N-dealkylation sites (tertiary alicyclic amines) is 1. The molecule has 1 atom stereocenters. The number of hydrogen-bond donors (Lipinski definition) is 2. The van der Waals surface area contributed by atoms with Crippen LogP contribution in [0.3, 0.4) is 0 Å². The highest BCUT2D eigenvalue weighted by Crippen LogP contribution is 2.17. The van der Waals surface area contributed by atoms with Crippen molar-refractivity contribution in [2.24, 2.45) is 0 Å². The van der Waals surface area contributed by atoms with E-state index in [1.165, 1.54) is 0 Å². The van der Waals surface area contributed by atoms with Crippen molar-refractivity contribution in [1.29, 1.82) is 0 Å². The number of hydrogen-bond acceptors (Lipinski definition) is 3. The molecule has 1 saturated heterocycles. The molecule has 1 aliphatic rings. The van der Waals surface area contributed by atoms with Gasteiger partial charge in [-0.1, -0.05) is 12.1 Å². The van der Waals surface area contributed by atoms with Crippen LogP contribution in [0.25, 0.3) is 0 Å². The lowest BCUT2D eigenvalue weighted by atomic mass is 10.2. The van der Waals surface area contributed by atoms with Gasteiger partial charge in [-0.05, 0) is 44.0 Å². The highest BCUT2D eigenvalue weighted by molar-refractivity contribution is 5.92. The van der Waals surface area contributed by atoms with E-state index >= 15 is 0 Å². The first kappa shape index (κ1) is 13.5. The molecule has 1 fully saturated rings. The summed E-state index contributed by atoms with van der Waals surface area (Å²) in [6.07, 6.45) is 1.45. The van der Waals surface area contributed by atoms with Crippen LogP contribution < -0.4 is 5.32 Å². The number of aliphatic carboxylic acids is 1. The van der Waals surface area contributed by atoms with Crippen LogP contribution in [0.5, 0.6) is 0 Å². The number of carboxylic acids is 1. The second-order valence-corrected chi connectivity index (χ2v) is 4.88. The highest BCUT2D eigenvalue weighted by atomic mass is 16.4. The molecule has 1 amide bonds. The Hall–Kier alpha value is -1.88. The van der Waals surface area contributed by atoms with Gasteiger partial charge in [0.2, 0.25) is 5.91 Å². The highest BCUT2D eigenvalue weighted by Gasteiger charge is 2.31. The van der Waals surface area contributed by atoms with E-state index in [1.807, 2.05) is 31.2 Å². The number of anilines is 1. The van der Waals surface area contributed by atoms with Crippen LogP contribution in [-0.2, 0) is 9.59 Å². The van der Waals surface area contributed by atoms with Crippen molar-refractivity contribution in [2.75, 3.05) is 18.4 Å². The van der Waals surface area contributed by atoms with Crippen LogP contribution in [0.1, 0.15) is 18.4 Å². The number of nitrogens with zero attached hydrogens (tertiary/aromatic N) is 1. The van der Waals surface area contributed by atoms with Crippen molar-refractivity contribution in [3.05, 3.63) is 29.8 Å². The van der Waals surface area contributed by atoms with E-state index in [1.54, 1.807) is 4.90 Å². The summed E-state index contributed by atoms with van der Waals surface area (Å²) < 4.78 is 0. The largest absolute Gasteiger partial charge is 0.480 e. The third kappa shape index (κ3) is 3.54. The van der Waals surface area contributed by atoms with Crippen molar-refractivity contribution in [2.45, 2.75) is 25.8 Å². The maximum atomic E-state index is 11.9. The summed E-state index contributed by atoms with van der Waals surface area (Å²) in [5.74, 6) is -1.01. The standard InChI is InChI=1S/C14H18N2O3/c1-10-4-2-5-11(8-10)15-13(17)9-16-7-3-6-12(16)14(18)19/h2,4-5,8,12H,3,6-7,9H2,1H3,(H,15,17)(H,18,19)/t12-/m0/s1. The van der Waals surface area contributed by atoms with E-state index in [0.29, 0.717) is 13.0 Å². The average molecular weight is 262 g/mol. The average Bonchev–Trinajstić information content (AvgIpc) is 2.76. The number of aryl methyl sites for hydroxylation is 1. The Kier molecular flexibility index (Phi) is 4.16. The van der Waals surface area contributed by atoms with Gasteiger partial charge in [0.1, 0.15) is 6.04 Å². The fourth-order valence-electron chi connectivity index (χ4n) is 2.40. The van der Waals surface area contributed by atoms with Gasteiger partial charge in [0.25, 0.3) is 0 Å². The van der Waals surface area contributed by atoms with E-state index in [4.69, 9.17) is 5.11 Å². The molecule has 0 radical (unpaired) electrons. The van der Waals surface area contributed by atoms with Gasteiger partial charge in [-0.2, -0.15) is 0 Å². The zero-order valence-corrected chi connectivity index (χ0v) is 10.9. The predicted octanol–water partition coefficient (Wildman–Crippen LogP) is 1.48. The summed E-state index contributed by atoms with van der Waals surface area (Å²) >= 11 is 0. The molecule has 5 nitrogen and oxygen atoms in total. The van der Waals surface area contributed by atoms with Gasteiger partial charge < -0.3 is 10.4 Å². The lowest BCUT2D eigenvalue weighted by Gasteiger charge is -2.20. The quantitative estimate of drug-likeness (QED) is 0.862. The minimum atomic E-state index is -0.846. The molecule has 1 heterocycles. The van der Waals surface area contributed by atoms with Gasteiger partial charge in [-0.3, -0.25) is 14.5 Å². The van der Waals surface area contributed by atoms with E-state index in [2.05, 4.69) is 5.32 Å². The van der Waals surface area contributed by atoms with Crippen molar-refractivity contribution < 1.29 is 14.7 Å². The molecule has 0 saturated carbocycles. The van der Waals surface area contributed by atoms with Gasteiger partial charge in [0.05, 0.1) is 6.54 Å². The summed E-state index contributed by atoms with van der Waals surface area (Å²) in [4.78, 5) is 24.6. The molecule has 1 aromatic carbocycles. The Morgan fingerprint density at radius 1 is 1.47 bits per heavy atom. The Balaban J connectivity index is 1.92. The molecule has 0 aromatic heterocycles. The van der Waals surface area contributed by atoms with Gasteiger partial charge in [-0.25, -0.2) is 0 Å². The Labute approximate surface area is 112 Å². The molecule has 2 rings (SSSR count). The second kappa shape index (κ2) is 5.84. The molecule has 1 aromatic rings. The molecule has 0 bridgehead atoms. The zero-order valence-electron chi connectivity index (χ0n) is 10.9. The van der Waals surface area contributed by atoms with Gasteiger partial charge in [0, 0.05) is 5.69 Å². The lowest BCUT2D eigenvalue weighted by molar-refractivity contribution is -0.142. The summed E-state index contributed by atoms with van der Waals surface area (Å²) in [5.41, 5.74) is 1.82. The number of amides is 1. The van der Waals surface area contributed by atoms with E-state index in [0.717, 1.165) is 17.7 Å². The molecule has 1 aliphatic heterocycles. The summed E-state index contributed by atoms with van der Waals surface area (Å²) in [6.45, 7) is 2.75. The van der Waals surface area contributed by atoms with E-state index in [-0.39, 0.29) is 12.5 Å². The van der Waals surface area contributed by atoms with Gasteiger partial charge >= 0.3 is 5.97 Å². The molecule has 19 heavy (non-hydrogen) atoms. The smallest absolute Gasteiger partial charge is 0.320 e. The Morgan fingerprint density at radius 2 is 2.26 bits per heavy atom. The number of rotatable bonds is 4. The minimum absolute atomic E-state index is 0.130. The molecule has 102 valence electrons. The molecular weight excluding hydrogens is 244 g/mol. The minimum Gasteiger partial charge on any atom is -0.480 e. The predicted molar refractivity (Wildman–Crippen MR) is 72.0 cm³/mol. The fraction of sp³-hybridized carbons (Fsp3) is 0.429. The normalized spacial score (nSPS) is 19.3. The third-order valence-electron chi connectivity index (χ3n) is 3.30. The SMILES string of the molecule is Cc1cccc(NC(=O)CN2CCC[C@H]2C(=O)O)c1. The molecule has 0 unspecified atom stereocenters. The topological polar surface area (TPSA) is 69.6 Å². The lowest BCUT2D eigenvalue weighted by Crippen LogP contribution is -2.40. The molecule has 2 N–H and O–H groups in total. The van der Waals surface area contributed by atoms with Crippen LogP contribution in [0.15, 0.2) is 24.3 Å². The first-order valence-electron chi connectivity index (χ1n) is 6.39. The van der Waals surface area contributed by atoms with Crippen LogP contribution in [0, 0.1) is 6.92 Å². The third-order valence-corrected chi connectivity index (χ3v) is 3.30. The van der Waals surface area contributed by atoms with Crippen molar-refractivity contribution in [1.82, 2.24) is 4.90 Å². The summed E-state index contributed by atoms with van der Waals surface area (Å²) in [6, 6.07) is 7.01. The van der Waals surface area contributed by atoms with Crippen LogP contribution in [0.2, 0.25) is 0 Å². The molecular formula is C14H18N2O3. The fourth-order valence-corrected chi connectivity index (χ4v) is 2.40. The van der Waals surface area contributed by atoms with Crippen molar-refractivity contribution in [3.8, 4) is 0 Å². The monoisotopic (exact) mass is 262 g/mol. The number of carbonyl (C=O) groups is 2. The molecule has 5 heteroatoms. The van der Waals surface area contributed by atoms with Crippen molar-refractivity contribution >= 4 is 17.6 Å². The van der Waals surface area contributed by atoms with Gasteiger partial charge in [-0.15, -0.1) is 0 Å². The maximum absolute atomic E-state index is 11.9. The number of carbonyl (C=O) groups excluding carboxylic acids is 1. The van der Waals surface area contributed by atoms with Crippen LogP contribution >= 0.6 is 0 Å².